The molecule has 0 aliphatic carbocycles. The van der Waals surface area contributed by atoms with E-state index < -0.39 is 0 Å². The summed E-state index contributed by atoms with van der Waals surface area (Å²) < 4.78 is 4.95. The number of hydrogen-bond acceptors (Lipinski definition) is 3. The summed E-state index contributed by atoms with van der Waals surface area (Å²) in [4.78, 5) is 14.1. The molecule has 20 heavy (non-hydrogen) atoms. The van der Waals surface area contributed by atoms with E-state index in [9.17, 15) is 4.79 Å². The summed E-state index contributed by atoms with van der Waals surface area (Å²) in [6, 6.07) is 19.4. The molecule has 2 aromatic carbocycles. The van der Waals surface area contributed by atoms with Crippen molar-refractivity contribution in [3.05, 3.63) is 71.8 Å². The highest BCUT2D eigenvalue weighted by Crippen LogP contribution is 2.22. The van der Waals surface area contributed by atoms with E-state index in [1.807, 2.05) is 60.5 Å². The van der Waals surface area contributed by atoms with Crippen molar-refractivity contribution in [2.24, 2.45) is 0 Å². The maximum Gasteiger partial charge on any atom is 0.327 e. The molecular weight excluding hydrogens is 250 g/mol. The van der Waals surface area contributed by atoms with E-state index in [1.54, 1.807) is 0 Å². The summed E-state index contributed by atoms with van der Waals surface area (Å²) in [5, 5.41) is 0. The summed E-state index contributed by atoms with van der Waals surface area (Å²) in [6.45, 7) is 0.690. The molecule has 0 unspecified atom stereocenters. The number of rotatable bonds is 5. The van der Waals surface area contributed by atoms with Crippen LogP contribution >= 0.6 is 0 Å². The van der Waals surface area contributed by atoms with Gasteiger partial charge in [-0.15, -0.1) is 0 Å². The van der Waals surface area contributed by atoms with Crippen LogP contribution in [-0.4, -0.2) is 25.0 Å². The van der Waals surface area contributed by atoms with Gasteiger partial charge in [-0.25, -0.2) is 4.79 Å². The number of nitrogens with zero attached hydrogens (tertiary/aromatic N) is 1. The number of methoxy groups -OCH3 is 1. The van der Waals surface area contributed by atoms with Crippen molar-refractivity contribution in [3.8, 4) is 0 Å². The molecule has 2 rings (SSSR count). The Bertz CT molecular complexity index is 539. The molecular formula is C17H19NO2. The van der Waals surface area contributed by atoms with Gasteiger partial charge in [0.2, 0.25) is 0 Å². The van der Waals surface area contributed by atoms with Gasteiger partial charge in [0.25, 0.3) is 0 Å². The zero-order valence-electron chi connectivity index (χ0n) is 11.8. The maximum absolute atomic E-state index is 12.1. The number of carbonyl (C=O) groups is 1. The second kappa shape index (κ2) is 6.87. The van der Waals surface area contributed by atoms with Gasteiger partial charge in [0.1, 0.15) is 6.04 Å². The first-order valence-electron chi connectivity index (χ1n) is 6.59. The number of esters is 1. The topological polar surface area (TPSA) is 29.5 Å². The fraction of sp³-hybridized carbons (Fsp3) is 0.235. The molecule has 1 atom stereocenters. The van der Waals surface area contributed by atoms with Gasteiger partial charge in [0.05, 0.1) is 7.11 Å². The van der Waals surface area contributed by atoms with Crippen LogP contribution in [0, 0.1) is 0 Å². The third-order valence-corrected chi connectivity index (χ3v) is 3.26. The van der Waals surface area contributed by atoms with E-state index in [0.717, 1.165) is 5.56 Å². The van der Waals surface area contributed by atoms with E-state index in [4.69, 9.17) is 4.74 Å². The highest BCUT2D eigenvalue weighted by Gasteiger charge is 2.25. The molecule has 3 heteroatoms. The second-order valence-corrected chi connectivity index (χ2v) is 4.74. The Labute approximate surface area is 119 Å². The van der Waals surface area contributed by atoms with Crippen molar-refractivity contribution in [2.75, 3.05) is 14.2 Å². The van der Waals surface area contributed by atoms with E-state index in [0.29, 0.717) is 6.54 Å². The molecule has 0 bridgehead atoms. The normalized spacial score (nSPS) is 12.2. The lowest BCUT2D eigenvalue weighted by atomic mass is 10.1. The van der Waals surface area contributed by atoms with Crippen LogP contribution in [0.2, 0.25) is 0 Å². The average molecular weight is 269 g/mol. The minimum atomic E-state index is -0.388. The Kier molecular flexibility index (Phi) is 4.91. The molecule has 0 radical (unpaired) electrons. The van der Waals surface area contributed by atoms with Gasteiger partial charge in [0.15, 0.2) is 0 Å². The number of hydrogen-bond donors (Lipinski definition) is 0. The van der Waals surface area contributed by atoms with Crippen LogP contribution in [0.4, 0.5) is 0 Å². The lowest BCUT2D eigenvalue weighted by molar-refractivity contribution is -0.147. The molecule has 0 aliphatic heterocycles. The van der Waals surface area contributed by atoms with Crippen LogP contribution in [0.25, 0.3) is 0 Å². The van der Waals surface area contributed by atoms with Crippen molar-refractivity contribution in [3.63, 3.8) is 0 Å². The highest BCUT2D eigenvalue weighted by molar-refractivity contribution is 5.77. The molecule has 0 spiro atoms. The number of carbonyl (C=O) groups excluding carboxylic acids is 1. The van der Waals surface area contributed by atoms with Gasteiger partial charge in [-0.05, 0) is 18.2 Å². The predicted octanol–water partition coefficient (Wildman–Crippen LogP) is 3.03. The third-order valence-electron chi connectivity index (χ3n) is 3.26. The van der Waals surface area contributed by atoms with Gasteiger partial charge < -0.3 is 4.74 Å². The van der Waals surface area contributed by atoms with Crippen LogP contribution in [0.15, 0.2) is 60.7 Å². The Morgan fingerprint density at radius 3 is 2.15 bits per heavy atom. The van der Waals surface area contributed by atoms with Crippen LogP contribution in [-0.2, 0) is 16.1 Å². The first-order valence-corrected chi connectivity index (χ1v) is 6.59. The largest absolute Gasteiger partial charge is 0.468 e. The molecule has 0 heterocycles. The van der Waals surface area contributed by atoms with Gasteiger partial charge in [0, 0.05) is 6.54 Å². The molecule has 0 aromatic heterocycles. The quantitative estimate of drug-likeness (QED) is 0.781. The third kappa shape index (κ3) is 3.45. The lowest BCUT2D eigenvalue weighted by Gasteiger charge is -2.26. The summed E-state index contributed by atoms with van der Waals surface area (Å²) in [7, 11) is 3.36. The standard InChI is InChI=1S/C17H19NO2/c1-18(13-14-9-5-3-6-10-14)16(17(19)20-2)15-11-7-4-8-12-15/h3-12,16H,13H2,1-2H3/t16-/m0/s1. The number of likely N-dealkylation sites (N-methyl/N-ethyl adjacent to an activating group) is 1. The molecule has 0 fully saturated rings. The highest BCUT2D eigenvalue weighted by atomic mass is 16.5. The number of benzene rings is 2. The smallest absolute Gasteiger partial charge is 0.327 e. The lowest BCUT2D eigenvalue weighted by Crippen LogP contribution is -2.31. The number of ether oxygens (including phenoxy) is 1. The minimum Gasteiger partial charge on any atom is -0.468 e. The Morgan fingerprint density at radius 2 is 1.60 bits per heavy atom. The van der Waals surface area contributed by atoms with Gasteiger partial charge in [-0.1, -0.05) is 60.7 Å². The minimum absolute atomic E-state index is 0.241. The van der Waals surface area contributed by atoms with Crippen LogP contribution < -0.4 is 0 Å². The second-order valence-electron chi connectivity index (χ2n) is 4.74. The Hall–Kier alpha value is -2.13. The summed E-state index contributed by atoms with van der Waals surface area (Å²) >= 11 is 0. The Morgan fingerprint density at radius 1 is 1.05 bits per heavy atom. The fourth-order valence-corrected chi connectivity index (χ4v) is 2.28. The van der Waals surface area contributed by atoms with E-state index in [2.05, 4.69) is 12.1 Å². The molecule has 0 amide bonds. The molecule has 0 saturated carbocycles. The SMILES string of the molecule is COC(=O)[C@H](c1ccccc1)N(C)Cc1ccccc1. The van der Waals surface area contributed by atoms with Gasteiger partial charge in [-0.3, -0.25) is 4.90 Å². The zero-order valence-corrected chi connectivity index (χ0v) is 11.8. The van der Waals surface area contributed by atoms with E-state index >= 15 is 0 Å². The van der Waals surface area contributed by atoms with Crippen molar-refractivity contribution >= 4 is 5.97 Å². The van der Waals surface area contributed by atoms with Crippen LogP contribution in [0.5, 0.6) is 0 Å². The monoisotopic (exact) mass is 269 g/mol. The maximum atomic E-state index is 12.1. The average Bonchev–Trinajstić information content (AvgIpc) is 2.49. The van der Waals surface area contributed by atoms with Crippen LogP contribution in [0.1, 0.15) is 17.2 Å². The molecule has 2 aromatic rings. The first-order chi connectivity index (χ1) is 9.72. The van der Waals surface area contributed by atoms with Crippen molar-refractivity contribution in [1.82, 2.24) is 4.90 Å². The van der Waals surface area contributed by atoms with Gasteiger partial charge >= 0.3 is 5.97 Å². The van der Waals surface area contributed by atoms with Crippen LogP contribution in [0.3, 0.4) is 0 Å². The first kappa shape index (κ1) is 14.3. The van der Waals surface area contributed by atoms with E-state index in [1.165, 1.54) is 12.7 Å². The molecule has 0 aliphatic rings. The predicted molar refractivity (Wildman–Crippen MR) is 79.1 cm³/mol. The van der Waals surface area contributed by atoms with Crippen molar-refractivity contribution < 1.29 is 9.53 Å². The van der Waals surface area contributed by atoms with Crippen molar-refractivity contribution in [1.29, 1.82) is 0 Å². The molecule has 0 N–H and O–H groups in total. The zero-order chi connectivity index (χ0) is 14.4. The summed E-state index contributed by atoms with van der Waals surface area (Å²) in [5.41, 5.74) is 2.11. The van der Waals surface area contributed by atoms with E-state index in [-0.39, 0.29) is 12.0 Å². The van der Waals surface area contributed by atoms with Gasteiger partial charge in [-0.2, -0.15) is 0 Å². The molecule has 104 valence electrons. The molecule has 0 saturated heterocycles. The summed E-state index contributed by atoms with van der Waals surface area (Å²) in [5.74, 6) is -0.241. The fourth-order valence-electron chi connectivity index (χ4n) is 2.28. The van der Waals surface area contributed by atoms with Crippen molar-refractivity contribution in [2.45, 2.75) is 12.6 Å². The summed E-state index contributed by atoms with van der Waals surface area (Å²) in [6.07, 6.45) is 0. The Balaban J connectivity index is 2.21. The molecule has 3 nitrogen and oxygen atoms in total.